The summed E-state index contributed by atoms with van der Waals surface area (Å²) in [4.78, 5) is 45.4. The molecule has 1 aliphatic heterocycles. The maximum atomic E-state index is 13.5. The molecule has 0 radical (unpaired) electrons. The van der Waals surface area contributed by atoms with E-state index in [-0.39, 0.29) is 17.7 Å². The molecule has 1 aliphatic rings. The number of carbonyl (C=O) groups excluding carboxylic acids is 2. The van der Waals surface area contributed by atoms with Crippen molar-refractivity contribution in [3.05, 3.63) is 78.4 Å². The van der Waals surface area contributed by atoms with Gasteiger partial charge in [0.25, 0.3) is 5.91 Å². The summed E-state index contributed by atoms with van der Waals surface area (Å²) in [7, 11) is 0. The first-order valence-electron chi connectivity index (χ1n) is 11.7. The summed E-state index contributed by atoms with van der Waals surface area (Å²) in [5.74, 6) is 0.536. The smallest absolute Gasteiger partial charge is 0.254 e. The van der Waals surface area contributed by atoms with E-state index in [0.29, 0.717) is 37.7 Å². The van der Waals surface area contributed by atoms with Crippen LogP contribution in [0.25, 0.3) is 11.0 Å². The number of pyridine rings is 1. The Hall–Kier alpha value is -4.27. The molecule has 0 aliphatic carbocycles. The summed E-state index contributed by atoms with van der Waals surface area (Å²) in [6, 6.07) is 13.2. The molecule has 1 fully saturated rings. The lowest BCUT2D eigenvalue weighted by Crippen LogP contribution is -2.36. The minimum absolute atomic E-state index is 0.0255. The SMILES string of the molecule is CC(=O)N1CCN(C(=O)c2cccc(Nc3ncccn3)c2)C[C@H](Cc2cnc3[nH]ccc3c2)C1. The number of nitrogens with zero attached hydrogens (tertiary/aromatic N) is 5. The molecule has 35 heavy (non-hydrogen) atoms. The standard InChI is InChI=1S/C26H27N7O2/c1-18(34)32-10-11-33(17-20(16-32)12-19-13-21-6-9-27-24(21)30-15-19)25(35)22-4-2-5-23(14-22)31-26-28-7-3-8-29-26/h2-9,13-15,20H,10-12,16-17H2,1H3,(H,27,30)(H,28,29,31)/t20-/m1/s1. The van der Waals surface area contributed by atoms with Crippen molar-refractivity contribution in [2.45, 2.75) is 13.3 Å². The van der Waals surface area contributed by atoms with E-state index in [1.165, 1.54) is 0 Å². The first kappa shape index (κ1) is 22.5. The van der Waals surface area contributed by atoms with Crippen LogP contribution < -0.4 is 5.32 Å². The van der Waals surface area contributed by atoms with E-state index in [2.05, 4.69) is 31.3 Å². The third kappa shape index (κ3) is 5.29. The fourth-order valence-corrected chi connectivity index (χ4v) is 4.54. The van der Waals surface area contributed by atoms with Gasteiger partial charge in [0.05, 0.1) is 0 Å². The minimum Gasteiger partial charge on any atom is -0.346 e. The number of carbonyl (C=O) groups is 2. The van der Waals surface area contributed by atoms with E-state index >= 15 is 0 Å². The second kappa shape index (κ2) is 9.92. The van der Waals surface area contributed by atoms with Crippen molar-refractivity contribution in [1.29, 1.82) is 0 Å². The van der Waals surface area contributed by atoms with Crippen LogP contribution in [0.15, 0.2) is 67.3 Å². The van der Waals surface area contributed by atoms with Gasteiger partial charge in [-0.1, -0.05) is 6.07 Å². The predicted octanol–water partition coefficient (Wildman–Crippen LogP) is 3.26. The van der Waals surface area contributed by atoms with Crippen LogP contribution in [0, 0.1) is 5.92 Å². The van der Waals surface area contributed by atoms with Crippen LogP contribution in [0.3, 0.4) is 0 Å². The second-order valence-corrected chi connectivity index (χ2v) is 8.82. The van der Waals surface area contributed by atoms with Gasteiger partial charge in [-0.3, -0.25) is 9.59 Å². The Labute approximate surface area is 203 Å². The molecule has 9 nitrogen and oxygen atoms in total. The number of anilines is 2. The molecule has 5 rings (SSSR count). The number of hydrogen-bond donors (Lipinski definition) is 2. The number of H-pyrrole nitrogens is 1. The van der Waals surface area contributed by atoms with E-state index in [9.17, 15) is 9.59 Å². The molecule has 1 aromatic carbocycles. The van der Waals surface area contributed by atoms with Gasteiger partial charge in [-0.05, 0) is 54.3 Å². The van der Waals surface area contributed by atoms with Crippen molar-refractivity contribution in [1.82, 2.24) is 29.7 Å². The quantitative estimate of drug-likeness (QED) is 0.465. The average molecular weight is 470 g/mol. The lowest BCUT2D eigenvalue weighted by Gasteiger charge is -2.24. The number of fused-ring (bicyclic) bond motifs is 1. The van der Waals surface area contributed by atoms with Gasteiger partial charge in [0.15, 0.2) is 0 Å². The highest BCUT2D eigenvalue weighted by molar-refractivity contribution is 5.95. The molecule has 2 amide bonds. The highest BCUT2D eigenvalue weighted by Crippen LogP contribution is 2.21. The third-order valence-electron chi connectivity index (χ3n) is 6.24. The molecule has 9 heteroatoms. The van der Waals surface area contributed by atoms with Crippen molar-refractivity contribution >= 4 is 34.5 Å². The molecule has 1 atom stereocenters. The van der Waals surface area contributed by atoms with E-state index < -0.39 is 0 Å². The van der Waals surface area contributed by atoms with Crippen molar-refractivity contribution in [2.75, 3.05) is 31.5 Å². The number of rotatable bonds is 5. The van der Waals surface area contributed by atoms with Gasteiger partial charge >= 0.3 is 0 Å². The topological polar surface area (TPSA) is 107 Å². The molecule has 0 spiro atoms. The van der Waals surface area contributed by atoms with Crippen molar-refractivity contribution in [3.8, 4) is 0 Å². The molecular weight excluding hydrogens is 442 g/mol. The number of hydrogen-bond acceptors (Lipinski definition) is 6. The lowest BCUT2D eigenvalue weighted by molar-refractivity contribution is -0.129. The Kier molecular flexibility index (Phi) is 6.38. The first-order valence-corrected chi connectivity index (χ1v) is 11.7. The Morgan fingerprint density at radius 1 is 1.03 bits per heavy atom. The summed E-state index contributed by atoms with van der Waals surface area (Å²) in [5.41, 5.74) is 3.26. The van der Waals surface area contributed by atoms with Crippen molar-refractivity contribution < 1.29 is 9.59 Å². The maximum absolute atomic E-state index is 13.5. The monoisotopic (exact) mass is 469 g/mol. The molecule has 2 N–H and O–H groups in total. The first-order chi connectivity index (χ1) is 17.0. The highest BCUT2D eigenvalue weighted by Gasteiger charge is 2.28. The van der Waals surface area contributed by atoms with E-state index in [1.54, 1.807) is 25.4 Å². The largest absolute Gasteiger partial charge is 0.346 e. The van der Waals surface area contributed by atoms with Gasteiger partial charge in [-0.25, -0.2) is 15.0 Å². The fourth-order valence-electron chi connectivity index (χ4n) is 4.54. The Balaban J connectivity index is 1.34. The summed E-state index contributed by atoms with van der Waals surface area (Å²) in [6.07, 6.45) is 7.79. The van der Waals surface area contributed by atoms with E-state index in [0.717, 1.165) is 28.7 Å². The molecule has 0 saturated carbocycles. The van der Waals surface area contributed by atoms with Gasteiger partial charge in [0, 0.05) is 74.5 Å². The third-order valence-corrected chi connectivity index (χ3v) is 6.24. The van der Waals surface area contributed by atoms with Gasteiger partial charge in [0.2, 0.25) is 11.9 Å². The molecule has 1 saturated heterocycles. The van der Waals surface area contributed by atoms with Crippen LogP contribution in [0.1, 0.15) is 22.8 Å². The van der Waals surface area contributed by atoms with Crippen LogP contribution in [-0.4, -0.2) is 67.7 Å². The Morgan fingerprint density at radius 3 is 2.66 bits per heavy atom. The van der Waals surface area contributed by atoms with Crippen LogP contribution in [-0.2, 0) is 11.2 Å². The van der Waals surface area contributed by atoms with Gasteiger partial charge in [-0.15, -0.1) is 0 Å². The summed E-state index contributed by atoms with van der Waals surface area (Å²) in [5, 5.41) is 4.19. The van der Waals surface area contributed by atoms with Gasteiger partial charge in [0.1, 0.15) is 5.65 Å². The number of aromatic nitrogens is 4. The molecule has 3 aromatic heterocycles. The Morgan fingerprint density at radius 2 is 1.83 bits per heavy atom. The van der Waals surface area contributed by atoms with Crippen LogP contribution in [0.5, 0.6) is 0 Å². The fraction of sp³-hybridized carbons (Fsp3) is 0.269. The highest BCUT2D eigenvalue weighted by atomic mass is 16.2. The van der Waals surface area contributed by atoms with E-state index in [4.69, 9.17) is 0 Å². The summed E-state index contributed by atoms with van der Waals surface area (Å²) in [6.45, 7) is 3.76. The van der Waals surface area contributed by atoms with Crippen LogP contribution >= 0.6 is 0 Å². The van der Waals surface area contributed by atoms with Crippen LogP contribution in [0.2, 0.25) is 0 Å². The molecule has 178 valence electrons. The van der Waals surface area contributed by atoms with Gasteiger partial charge < -0.3 is 20.1 Å². The molecule has 0 unspecified atom stereocenters. The number of nitrogens with one attached hydrogen (secondary N) is 2. The van der Waals surface area contributed by atoms with Crippen LogP contribution in [0.4, 0.5) is 11.6 Å². The predicted molar refractivity (Wildman–Crippen MR) is 133 cm³/mol. The van der Waals surface area contributed by atoms with Crippen molar-refractivity contribution in [3.63, 3.8) is 0 Å². The number of aromatic amines is 1. The molecule has 4 aromatic rings. The zero-order chi connectivity index (χ0) is 24.2. The lowest BCUT2D eigenvalue weighted by atomic mass is 9.98. The molecular formula is C26H27N7O2. The Bertz CT molecular complexity index is 1340. The summed E-state index contributed by atoms with van der Waals surface area (Å²) >= 11 is 0. The number of amides is 2. The van der Waals surface area contributed by atoms with E-state index in [1.807, 2.05) is 52.5 Å². The second-order valence-electron chi connectivity index (χ2n) is 8.82. The number of benzene rings is 1. The molecule has 4 heterocycles. The zero-order valence-electron chi connectivity index (χ0n) is 19.5. The zero-order valence-corrected chi connectivity index (χ0v) is 19.5. The average Bonchev–Trinajstić information content (AvgIpc) is 3.23. The van der Waals surface area contributed by atoms with Gasteiger partial charge in [-0.2, -0.15) is 0 Å². The summed E-state index contributed by atoms with van der Waals surface area (Å²) < 4.78 is 0. The maximum Gasteiger partial charge on any atom is 0.254 e. The normalized spacial score (nSPS) is 16.2. The molecule has 0 bridgehead atoms. The minimum atomic E-state index is -0.0581. The van der Waals surface area contributed by atoms with Crippen molar-refractivity contribution in [2.24, 2.45) is 5.92 Å².